The van der Waals surface area contributed by atoms with Crippen LogP contribution in [0.1, 0.15) is 19.3 Å². The molecule has 0 radical (unpaired) electrons. The monoisotopic (exact) mass is 283 g/mol. The van der Waals surface area contributed by atoms with Crippen molar-refractivity contribution in [3.8, 4) is 17.2 Å². The molecule has 21 heavy (non-hydrogen) atoms. The molecule has 0 N–H and O–H groups in total. The third kappa shape index (κ3) is 3.48. The minimum Gasteiger partial charge on any atom is -0.497 e. The summed E-state index contributed by atoms with van der Waals surface area (Å²) in [5.74, 6) is 2.54. The fraction of sp³-hybridized carbons (Fsp3) is 0.333. The molecule has 0 spiro atoms. The molecule has 0 aliphatic carbocycles. The van der Waals surface area contributed by atoms with E-state index in [1.165, 1.54) is 24.9 Å². The molecule has 3 nitrogen and oxygen atoms in total. The Bertz CT molecular complexity index is 574. The smallest absolute Gasteiger partial charge is 0.129 e. The van der Waals surface area contributed by atoms with Crippen LogP contribution in [0.4, 0.5) is 5.69 Å². The van der Waals surface area contributed by atoms with Crippen LogP contribution in [0, 0.1) is 0 Å². The zero-order valence-corrected chi connectivity index (χ0v) is 12.4. The van der Waals surface area contributed by atoms with Crippen molar-refractivity contribution in [3.05, 3.63) is 48.5 Å². The topological polar surface area (TPSA) is 21.7 Å². The van der Waals surface area contributed by atoms with Gasteiger partial charge in [0.15, 0.2) is 0 Å². The van der Waals surface area contributed by atoms with Gasteiger partial charge in [0.05, 0.1) is 7.11 Å². The number of anilines is 1. The maximum absolute atomic E-state index is 5.93. The molecule has 110 valence electrons. The Labute approximate surface area is 126 Å². The average molecular weight is 283 g/mol. The van der Waals surface area contributed by atoms with Crippen LogP contribution in [0.15, 0.2) is 48.5 Å². The lowest BCUT2D eigenvalue weighted by Gasteiger charge is -2.29. The van der Waals surface area contributed by atoms with E-state index < -0.39 is 0 Å². The number of nitrogens with zero attached hydrogens (tertiary/aromatic N) is 1. The minimum atomic E-state index is 0.826. The highest BCUT2D eigenvalue weighted by Crippen LogP contribution is 2.28. The quantitative estimate of drug-likeness (QED) is 0.826. The summed E-state index contributed by atoms with van der Waals surface area (Å²) >= 11 is 0. The highest BCUT2D eigenvalue weighted by molar-refractivity contribution is 5.51. The van der Waals surface area contributed by atoms with Crippen LogP contribution in [-0.2, 0) is 0 Å². The van der Waals surface area contributed by atoms with Gasteiger partial charge in [-0.05, 0) is 55.7 Å². The fourth-order valence-electron chi connectivity index (χ4n) is 2.68. The summed E-state index contributed by atoms with van der Waals surface area (Å²) in [7, 11) is 1.66. The van der Waals surface area contributed by atoms with Gasteiger partial charge in [0, 0.05) is 24.8 Å². The van der Waals surface area contributed by atoms with Crippen LogP contribution in [0.2, 0.25) is 0 Å². The molecule has 0 aromatic heterocycles. The molecule has 0 atom stereocenters. The van der Waals surface area contributed by atoms with E-state index >= 15 is 0 Å². The normalized spacial score (nSPS) is 14.8. The zero-order valence-electron chi connectivity index (χ0n) is 12.4. The SMILES string of the molecule is COc1ccc(Oc2cccc(N3CCCCC3)c2)cc1. The molecule has 1 fully saturated rings. The second kappa shape index (κ2) is 6.53. The van der Waals surface area contributed by atoms with Gasteiger partial charge in [-0.2, -0.15) is 0 Å². The molecule has 1 heterocycles. The third-order valence-electron chi connectivity index (χ3n) is 3.83. The summed E-state index contributed by atoms with van der Waals surface area (Å²) in [6.45, 7) is 2.29. The molecule has 0 unspecified atom stereocenters. The van der Waals surface area contributed by atoms with Gasteiger partial charge in [0.1, 0.15) is 17.2 Å². The van der Waals surface area contributed by atoms with Crippen molar-refractivity contribution in [3.63, 3.8) is 0 Å². The molecule has 2 aromatic carbocycles. The summed E-state index contributed by atoms with van der Waals surface area (Å²) in [5, 5.41) is 0. The summed E-state index contributed by atoms with van der Waals surface area (Å²) < 4.78 is 11.1. The lowest BCUT2D eigenvalue weighted by Crippen LogP contribution is -2.29. The number of ether oxygens (including phenoxy) is 2. The van der Waals surface area contributed by atoms with Crippen molar-refractivity contribution in [2.24, 2.45) is 0 Å². The molecule has 1 aliphatic heterocycles. The number of benzene rings is 2. The lowest BCUT2D eigenvalue weighted by atomic mass is 10.1. The predicted octanol–water partition coefficient (Wildman–Crippen LogP) is 4.48. The highest BCUT2D eigenvalue weighted by Gasteiger charge is 2.11. The van der Waals surface area contributed by atoms with Gasteiger partial charge >= 0.3 is 0 Å². The summed E-state index contributed by atoms with van der Waals surface area (Å²) in [4.78, 5) is 2.43. The Morgan fingerprint density at radius 2 is 1.52 bits per heavy atom. The van der Waals surface area contributed by atoms with E-state index in [2.05, 4.69) is 23.1 Å². The van der Waals surface area contributed by atoms with Crippen LogP contribution in [0.5, 0.6) is 17.2 Å². The van der Waals surface area contributed by atoms with E-state index in [-0.39, 0.29) is 0 Å². The van der Waals surface area contributed by atoms with Crippen molar-refractivity contribution < 1.29 is 9.47 Å². The number of hydrogen-bond donors (Lipinski definition) is 0. The number of rotatable bonds is 4. The number of methoxy groups -OCH3 is 1. The van der Waals surface area contributed by atoms with Gasteiger partial charge < -0.3 is 14.4 Å². The Morgan fingerprint density at radius 1 is 0.810 bits per heavy atom. The molecule has 0 bridgehead atoms. The first-order chi connectivity index (χ1) is 10.3. The minimum absolute atomic E-state index is 0.826. The Balaban J connectivity index is 1.72. The second-order valence-electron chi connectivity index (χ2n) is 5.32. The molecule has 2 aromatic rings. The van der Waals surface area contributed by atoms with Crippen LogP contribution < -0.4 is 14.4 Å². The Morgan fingerprint density at radius 3 is 2.24 bits per heavy atom. The molecule has 3 rings (SSSR count). The van der Waals surface area contributed by atoms with Gasteiger partial charge in [-0.1, -0.05) is 6.07 Å². The van der Waals surface area contributed by atoms with E-state index in [1.807, 2.05) is 30.3 Å². The average Bonchev–Trinajstić information content (AvgIpc) is 2.57. The number of hydrogen-bond acceptors (Lipinski definition) is 3. The second-order valence-corrected chi connectivity index (χ2v) is 5.32. The standard InChI is InChI=1S/C18H21NO2/c1-20-16-8-10-17(11-9-16)21-18-7-5-6-15(14-18)19-12-3-2-4-13-19/h5-11,14H,2-4,12-13H2,1H3. The molecule has 3 heteroatoms. The highest BCUT2D eigenvalue weighted by atomic mass is 16.5. The molecular weight excluding hydrogens is 262 g/mol. The number of piperidine rings is 1. The summed E-state index contributed by atoms with van der Waals surface area (Å²) in [6.07, 6.45) is 3.91. The first-order valence-corrected chi connectivity index (χ1v) is 7.52. The van der Waals surface area contributed by atoms with Crippen LogP contribution in [-0.4, -0.2) is 20.2 Å². The van der Waals surface area contributed by atoms with Gasteiger partial charge in [0.25, 0.3) is 0 Å². The molecule has 1 saturated heterocycles. The van der Waals surface area contributed by atoms with Crippen molar-refractivity contribution in [1.29, 1.82) is 0 Å². The van der Waals surface area contributed by atoms with Crippen LogP contribution in [0.3, 0.4) is 0 Å². The molecule has 0 saturated carbocycles. The first kappa shape index (κ1) is 13.8. The zero-order chi connectivity index (χ0) is 14.5. The van der Waals surface area contributed by atoms with Crippen molar-refractivity contribution >= 4 is 5.69 Å². The predicted molar refractivity (Wildman–Crippen MR) is 85.6 cm³/mol. The van der Waals surface area contributed by atoms with Crippen LogP contribution >= 0.6 is 0 Å². The lowest BCUT2D eigenvalue weighted by molar-refractivity contribution is 0.413. The largest absolute Gasteiger partial charge is 0.497 e. The van der Waals surface area contributed by atoms with E-state index in [1.54, 1.807) is 7.11 Å². The van der Waals surface area contributed by atoms with Crippen LogP contribution in [0.25, 0.3) is 0 Å². The molecule has 1 aliphatic rings. The van der Waals surface area contributed by atoms with Gasteiger partial charge in [-0.25, -0.2) is 0 Å². The maximum atomic E-state index is 5.93. The Hall–Kier alpha value is -2.16. The molecule has 0 amide bonds. The van der Waals surface area contributed by atoms with Crippen molar-refractivity contribution in [2.45, 2.75) is 19.3 Å². The van der Waals surface area contributed by atoms with E-state index in [9.17, 15) is 0 Å². The van der Waals surface area contributed by atoms with Crippen molar-refractivity contribution in [2.75, 3.05) is 25.1 Å². The van der Waals surface area contributed by atoms with Gasteiger partial charge in [0.2, 0.25) is 0 Å². The van der Waals surface area contributed by atoms with E-state index in [4.69, 9.17) is 9.47 Å². The molecular formula is C18H21NO2. The van der Waals surface area contributed by atoms with Gasteiger partial charge in [-0.3, -0.25) is 0 Å². The fourth-order valence-corrected chi connectivity index (χ4v) is 2.68. The van der Waals surface area contributed by atoms with E-state index in [0.29, 0.717) is 0 Å². The summed E-state index contributed by atoms with van der Waals surface area (Å²) in [6, 6.07) is 16.0. The summed E-state index contributed by atoms with van der Waals surface area (Å²) in [5.41, 5.74) is 1.25. The third-order valence-corrected chi connectivity index (χ3v) is 3.83. The van der Waals surface area contributed by atoms with E-state index in [0.717, 1.165) is 30.3 Å². The Kier molecular flexibility index (Phi) is 4.29. The first-order valence-electron chi connectivity index (χ1n) is 7.52. The van der Waals surface area contributed by atoms with Gasteiger partial charge in [-0.15, -0.1) is 0 Å². The maximum Gasteiger partial charge on any atom is 0.129 e. The van der Waals surface area contributed by atoms with Crippen molar-refractivity contribution in [1.82, 2.24) is 0 Å².